The molecule has 0 amide bonds. The molecule has 0 aromatic carbocycles. The average molecular weight is 312 g/mol. The molecule has 1 nitrogen and oxygen atoms in total. The molecule has 0 aromatic rings. The van der Waals surface area contributed by atoms with Crippen LogP contribution in [0.15, 0.2) is 0 Å². The molecule has 0 saturated heterocycles. The Morgan fingerprint density at radius 2 is 1.54 bits per heavy atom. The molecule has 0 atom stereocenters. The van der Waals surface area contributed by atoms with Gasteiger partial charge in [-0.1, -0.05) is 31.0 Å². The van der Waals surface area contributed by atoms with Crippen molar-refractivity contribution in [2.45, 2.75) is 39.5 Å². The van der Waals surface area contributed by atoms with E-state index in [9.17, 15) is 0 Å². The number of hydrogen-bond donors (Lipinski definition) is 0. The van der Waals surface area contributed by atoms with E-state index in [-0.39, 0.29) is 22.4 Å². The molecule has 0 aromatic heterocycles. The Balaban J connectivity index is 0. The predicted molar refractivity (Wildman–Crippen MR) is 61.4 cm³/mol. The van der Waals surface area contributed by atoms with Gasteiger partial charge in [0.1, 0.15) is 0 Å². The van der Waals surface area contributed by atoms with E-state index >= 15 is 0 Å². The van der Waals surface area contributed by atoms with E-state index in [0.29, 0.717) is 4.32 Å². The van der Waals surface area contributed by atoms with E-state index in [0.717, 1.165) is 13.1 Å². The van der Waals surface area contributed by atoms with Gasteiger partial charge in [-0.25, -0.2) is 0 Å². The normalized spacial score (nSPS) is 9.08. The summed E-state index contributed by atoms with van der Waals surface area (Å²) in [6, 6.07) is 0. The molecular formula is C9H18AgNS2. The maximum atomic E-state index is 4.98. The van der Waals surface area contributed by atoms with Crippen LogP contribution in [-0.2, 0) is 35.0 Å². The zero-order chi connectivity index (χ0) is 9.40. The van der Waals surface area contributed by atoms with Crippen LogP contribution in [0, 0.1) is 0 Å². The molecule has 13 heavy (non-hydrogen) atoms. The van der Waals surface area contributed by atoms with E-state index in [2.05, 4.69) is 18.7 Å². The fourth-order valence-electron chi connectivity index (χ4n) is 0.992. The summed E-state index contributed by atoms with van der Waals surface area (Å²) in [4.78, 5) is 2.14. The quantitative estimate of drug-likeness (QED) is 0.422. The van der Waals surface area contributed by atoms with E-state index in [4.69, 9.17) is 24.8 Å². The van der Waals surface area contributed by atoms with Gasteiger partial charge in [0.15, 0.2) is 0 Å². The van der Waals surface area contributed by atoms with Gasteiger partial charge in [0.2, 0.25) is 0 Å². The zero-order valence-electron chi connectivity index (χ0n) is 8.31. The fourth-order valence-corrected chi connectivity index (χ4v) is 1.36. The third-order valence-electron chi connectivity index (χ3n) is 1.82. The molecule has 0 aliphatic rings. The molecule has 0 aliphatic heterocycles. The summed E-state index contributed by atoms with van der Waals surface area (Å²) in [7, 11) is 0. The topological polar surface area (TPSA) is 3.24 Å². The SMILES string of the molecule is CCCCN(CCCC)C(=S)[S-].[Ag+]. The van der Waals surface area contributed by atoms with Gasteiger partial charge in [-0.05, 0) is 12.8 Å². The van der Waals surface area contributed by atoms with E-state index in [1.165, 1.54) is 25.7 Å². The molecule has 0 bridgehead atoms. The molecule has 0 rings (SSSR count). The van der Waals surface area contributed by atoms with Crippen molar-refractivity contribution in [1.29, 1.82) is 0 Å². The second kappa shape index (κ2) is 10.9. The predicted octanol–water partition coefficient (Wildman–Crippen LogP) is 2.72. The average Bonchev–Trinajstić information content (AvgIpc) is 2.04. The van der Waals surface area contributed by atoms with E-state index in [1.54, 1.807) is 0 Å². The minimum absolute atomic E-state index is 0. The Bertz CT molecular complexity index is 123. The van der Waals surface area contributed by atoms with Crippen molar-refractivity contribution >= 4 is 29.2 Å². The molecule has 0 fully saturated rings. The molecule has 0 saturated carbocycles. The van der Waals surface area contributed by atoms with Gasteiger partial charge in [-0.3, -0.25) is 0 Å². The van der Waals surface area contributed by atoms with Crippen molar-refractivity contribution in [3.63, 3.8) is 0 Å². The molecule has 4 heteroatoms. The van der Waals surface area contributed by atoms with Gasteiger partial charge in [-0.2, -0.15) is 0 Å². The second-order valence-electron chi connectivity index (χ2n) is 2.96. The molecule has 82 valence electrons. The molecule has 0 spiro atoms. The monoisotopic (exact) mass is 311 g/mol. The second-order valence-corrected chi connectivity index (χ2v) is 3.99. The van der Waals surface area contributed by atoms with Crippen LogP contribution in [0.4, 0.5) is 0 Å². The fraction of sp³-hybridized carbons (Fsp3) is 0.889. The third-order valence-corrected chi connectivity index (χ3v) is 2.34. The minimum Gasteiger partial charge on any atom is -0.411 e. The maximum Gasteiger partial charge on any atom is 1.00 e. The Morgan fingerprint density at radius 1 is 1.15 bits per heavy atom. The van der Waals surface area contributed by atoms with Crippen LogP contribution in [0.1, 0.15) is 39.5 Å². The summed E-state index contributed by atoms with van der Waals surface area (Å²) in [5, 5.41) is 0. The smallest absolute Gasteiger partial charge is 0.411 e. The van der Waals surface area contributed by atoms with Crippen LogP contribution in [0.5, 0.6) is 0 Å². The maximum absolute atomic E-state index is 4.98. The van der Waals surface area contributed by atoms with Crippen LogP contribution in [-0.4, -0.2) is 22.3 Å². The standard InChI is InChI=1S/C9H19NS2.Ag/c1-3-5-7-10(9(11)12)8-6-4-2;/h3-8H2,1-2H3,(H,11,12);/q;+1/p-1. The number of rotatable bonds is 6. The summed E-state index contributed by atoms with van der Waals surface area (Å²) in [5.74, 6) is 0. The molecule has 0 N–H and O–H groups in total. The summed E-state index contributed by atoms with van der Waals surface area (Å²) in [6.45, 7) is 6.45. The van der Waals surface area contributed by atoms with Gasteiger partial charge in [0.05, 0.1) is 0 Å². The zero-order valence-corrected chi connectivity index (χ0v) is 11.4. The first-order valence-electron chi connectivity index (χ1n) is 4.68. The number of nitrogens with zero attached hydrogens (tertiary/aromatic N) is 1. The summed E-state index contributed by atoms with van der Waals surface area (Å²) in [5.41, 5.74) is 0. The number of hydrogen-bond acceptors (Lipinski definition) is 2. The number of unbranched alkanes of at least 4 members (excludes halogenated alkanes) is 2. The van der Waals surface area contributed by atoms with Gasteiger partial charge in [-0.15, -0.1) is 0 Å². The Kier molecular flexibility index (Phi) is 13.7. The van der Waals surface area contributed by atoms with E-state index < -0.39 is 0 Å². The van der Waals surface area contributed by atoms with Gasteiger partial charge < -0.3 is 29.7 Å². The first-order chi connectivity index (χ1) is 5.72. The Morgan fingerprint density at radius 3 is 1.77 bits per heavy atom. The third kappa shape index (κ3) is 9.16. The Labute approximate surface area is 109 Å². The van der Waals surface area contributed by atoms with Crippen LogP contribution < -0.4 is 0 Å². The molecule has 0 radical (unpaired) electrons. The van der Waals surface area contributed by atoms with Crippen molar-refractivity contribution < 1.29 is 22.4 Å². The van der Waals surface area contributed by atoms with Crippen molar-refractivity contribution in [1.82, 2.24) is 4.90 Å². The van der Waals surface area contributed by atoms with Gasteiger partial charge >= 0.3 is 22.4 Å². The van der Waals surface area contributed by atoms with Gasteiger partial charge in [0, 0.05) is 13.1 Å². The van der Waals surface area contributed by atoms with Crippen LogP contribution >= 0.6 is 12.2 Å². The molecule has 0 heterocycles. The minimum atomic E-state index is 0. The van der Waals surface area contributed by atoms with Crippen molar-refractivity contribution in [2.75, 3.05) is 13.1 Å². The van der Waals surface area contributed by atoms with Gasteiger partial charge in [0.25, 0.3) is 0 Å². The molecule has 0 unspecified atom stereocenters. The van der Waals surface area contributed by atoms with Crippen molar-refractivity contribution in [3.8, 4) is 0 Å². The van der Waals surface area contributed by atoms with E-state index in [1.807, 2.05) is 0 Å². The molecule has 0 aliphatic carbocycles. The van der Waals surface area contributed by atoms with Crippen LogP contribution in [0.25, 0.3) is 0 Å². The van der Waals surface area contributed by atoms with Crippen LogP contribution in [0.3, 0.4) is 0 Å². The first-order valence-corrected chi connectivity index (χ1v) is 5.50. The molecular weight excluding hydrogens is 294 g/mol. The summed E-state index contributed by atoms with van der Waals surface area (Å²) >= 11 is 9.97. The number of thiocarbonyl (C=S) groups is 1. The summed E-state index contributed by atoms with van der Waals surface area (Å²) < 4.78 is 0.636. The van der Waals surface area contributed by atoms with Crippen LogP contribution in [0.2, 0.25) is 0 Å². The largest absolute Gasteiger partial charge is 1.00 e. The Hall–Kier alpha value is 0.850. The first kappa shape index (κ1) is 16.3. The summed E-state index contributed by atoms with van der Waals surface area (Å²) in [6.07, 6.45) is 4.81. The van der Waals surface area contributed by atoms with Crippen molar-refractivity contribution in [2.24, 2.45) is 0 Å². The van der Waals surface area contributed by atoms with Crippen molar-refractivity contribution in [3.05, 3.63) is 0 Å².